The van der Waals surface area contributed by atoms with Crippen LogP contribution < -0.4 is 15.5 Å². The summed E-state index contributed by atoms with van der Waals surface area (Å²) in [6, 6.07) is 16.1. The summed E-state index contributed by atoms with van der Waals surface area (Å²) in [6.45, 7) is 4.17. The van der Waals surface area contributed by atoms with Crippen molar-refractivity contribution in [2.75, 3.05) is 36.4 Å². The van der Waals surface area contributed by atoms with E-state index in [0.717, 1.165) is 42.9 Å². The molecular formula is C17H18N6. The van der Waals surface area contributed by atoms with Crippen LogP contribution in [0.3, 0.4) is 0 Å². The average molecular weight is 306 g/mol. The molecule has 2 N–H and O–H groups in total. The van der Waals surface area contributed by atoms with Gasteiger partial charge in [0.25, 0.3) is 0 Å². The minimum Gasteiger partial charge on any atom is -0.369 e. The van der Waals surface area contributed by atoms with Gasteiger partial charge in [-0.05, 0) is 36.4 Å². The van der Waals surface area contributed by atoms with Gasteiger partial charge in [-0.15, -0.1) is 10.2 Å². The lowest BCUT2D eigenvalue weighted by Gasteiger charge is -2.29. The maximum atomic E-state index is 4.48. The molecule has 2 aromatic carbocycles. The minimum atomic E-state index is 0.513. The van der Waals surface area contributed by atoms with Gasteiger partial charge in [0.1, 0.15) is 5.52 Å². The van der Waals surface area contributed by atoms with Crippen molar-refractivity contribution in [1.29, 1.82) is 0 Å². The van der Waals surface area contributed by atoms with Crippen LogP contribution in [-0.2, 0) is 0 Å². The molecule has 6 nitrogen and oxygen atoms in total. The number of aromatic nitrogens is 3. The Morgan fingerprint density at radius 2 is 1.61 bits per heavy atom. The first-order valence-electron chi connectivity index (χ1n) is 7.81. The van der Waals surface area contributed by atoms with Crippen LogP contribution in [0.4, 0.5) is 17.3 Å². The summed E-state index contributed by atoms with van der Waals surface area (Å²) >= 11 is 0. The second-order valence-corrected chi connectivity index (χ2v) is 5.53. The lowest BCUT2D eigenvalue weighted by Crippen LogP contribution is -2.43. The Hall–Kier alpha value is -2.73. The van der Waals surface area contributed by atoms with E-state index in [4.69, 9.17) is 0 Å². The van der Waals surface area contributed by atoms with Crippen LogP contribution in [-0.4, -0.2) is 41.4 Å². The van der Waals surface area contributed by atoms with Gasteiger partial charge in [0, 0.05) is 37.6 Å². The maximum Gasteiger partial charge on any atom is 0.247 e. The number of para-hydroxylation sites is 1. The van der Waals surface area contributed by atoms with Crippen LogP contribution in [0.15, 0.2) is 48.5 Å². The number of nitrogens with zero attached hydrogens (tertiary/aromatic N) is 4. The highest BCUT2D eigenvalue weighted by Gasteiger charge is 2.10. The van der Waals surface area contributed by atoms with Crippen molar-refractivity contribution in [1.82, 2.24) is 20.5 Å². The summed E-state index contributed by atoms with van der Waals surface area (Å²) in [5.74, 6) is 0.513. The van der Waals surface area contributed by atoms with Crippen molar-refractivity contribution < 1.29 is 0 Å². The Morgan fingerprint density at radius 3 is 2.39 bits per heavy atom. The largest absolute Gasteiger partial charge is 0.369 e. The SMILES string of the molecule is c1ccc2nc(Nc3ccc(N4CCNCC4)cc3)nnc2c1. The first-order valence-corrected chi connectivity index (χ1v) is 7.81. The highest BCUT2D eigenvalue weighted by molar-refractivity contribution is 5.74. The third-order valence-corrected chi connectivity index (χ3v) is 3.97. The van der Waals surface area contributed by atoms with Crippen molar-refractivity contribution in [2.24, 2.45) is 0 Å². The second kappa shape index (κ2) is 6.18. The number of rotatable bonds is 3. The van der Waals surface area contributed by atoms with E-state index in [-0.39, 0.29) is 0 Å². The number of fused-ring (bicyclic) bond motifs is 1. The van der Waals surface area contributed by atoms with E-state index >= 15 is 0 Å². The zero-order valence-corrected chi connectivity index (χ0v) is 12.7. The number of hydrogen-bond donors (Lipinski definition) is 2. The lowest BCUT2D eigenvalue weighted by atomic mass is 10.2. The molecule has 0 spiro atoms. The van der Waals surface area contributed by atoms with Gasteiger partial charge in [-0.3, -0.25) is 0 Å². The van der Waals surface area contributed by atoms with Gasteiger partial charge < -0.3 is 15.5 Å². The summed E-state index contributed by atoms with van der Waals surface area (Å²) in [6.07, 6.45) is 0. The quantitative estimate of drug-likeness (QED) is 0.773. The molecule has 0 bridgehead atoms. The van der Waals surface area contributed by atoms with Gasteiger partial charge in [0.15, 0.2) is 0 Å². The Bertz CT molecular complexity index is 796. The van der Waals surface area contributed by atoms with Crippen LogP contribution in [0.5, 0.6) is 0 Å². The van der Waals surface area contributed by atoms with Gasteiger partial charge in [-0.1, -0.05) is 12.1 Å². The van der Waals surface area contributed by atoms with Crippen molar-refractivity contribution in [2.45, 2.75) is 0 Å². The molecule has 23 heavy (non-hydrogen) atoms. The molecule has 4 rings (SSSR count). The first-order chi connectivity index (χ1) is 11.4. The van der Waals surface area contributed by atoms with Crippen LogP contribution in [0.25, 0.3) is 11.0 Å². The molecular weight excluding hydrogens is 288 g/mol. The molecule has 6 heteroatoms. The molecule has 2 heterocycles. The number of hydrogen-bond acceptors (Lipinski definition) is 6. The number of anilines is 3. The first kappa shape index (κ1) is 13.9. The summed E-state index contributed by atoms with van der Waals surface area (Å²) < 4.78 is 0. The highest BCUT2D eigenvalue weighted by Crippen LogP contribution is 2.20. The second-order valence-electron chi connectivity index (χ2n) is 5.53. The fourth-order valence-electron chi connectivity index (χ4n) is 2.74. The Morgan fingerprint density at radius 1 is 0.870 bits per heavy atom. The van der Waals surface area contributed by atoms with E-state index in [2.05, 4.69) is 55.0 Å². The van der Waals surface area contributed by atoms with Gasteiger partial charge in [-0.25, -0.2) is 4.98 Å². The molecule has 0 unspecified atom stereocenters. The van der Waals surface area contributed by atoms with Crippen molar-refractivity contribution in [3.8, 4) is 0 Å². The van der Waals surface area contributed by atoms with E-state index in [0.29, 0.717) is 5.95 Å². The Labute approximate surface area is 134 Å². The van der Waals surface area contributed by atoms with Gasteiger partial charge in [-0.2, -0.15) is 0 Å². The van der Waals surface area contributed by atoms with E-state index in [1.54, 1.807) is 0 Å². The van der Waals surface area contributed by atoms with Crippen LogP contribution in [0.1, 0.15) is 0 Å². The minimum absolute atomic E-state index is 0.513. The molecule has 0 aliphatic carbocycles. The third kappa shape index (κ3) is 3.07. The molecule has 0 amide bonds. The zero-order valence-electron chi connectivity index (χ0n) is 12.7. The topological polar surface area (TPSA) is 66.0 Å². The van der Waals surface area contributed by atoms with Gasteiger partial charge in [0.05, 0.1) is 5.52 Å². The number of nitrogens with one attached hydrogen (secondary N) is 2. The third-order valence-electron chi connectivity index (χ3n) is 3.97. The molecule has 0 saturated carbocycles. The molecule has 1 aliphatic heterocycles. The van der Waals surface area contributed by atoms with E-state index in [9.17, 15) is 0 Å². The molecule has 1 fully saturated rings. The summed E-state index contributed by atoms with van der Waals surface area (Å²) in [4.78, 5) is 6.86. The lowest BCUT2D eigenvalue weighted by molar-refractivity contribution is 0.589. The monoisotopic (exact) mass is 306 g/mol. The smallest absolute Gasteiger partial charge is 0.247 e. The number of benzene rings is 2. The molecule has 116 valence electrons. The van der Waals surface area contributed by atoms with Gasteiger partial charge >= 0.3 is 0 Å². The summed E-state index contributed by atoms with van der Waals surface area (Å²) in [5, 5.41) is 14.9. The molecule has 0 radical (unpaired) electrons. The van der Waals surface area contributed by atoms with Gasteiger partial charge in [0.2, 0.25) is 5.95 Å². The zero-order chi connectivity index (χ0) is 15.5. The standard InChI is InChI=1S/C17H18N6/c1-2-4-16-15(3-1)20-17(22-21-16)19-13-5-7-14(8-6-13)23-11-9-18-10-12-23/h1-8,18H,9-12H2,(H,19,20,22). The van der Waals surface area contributed by atoms with Crippen molar-refractivity contribution in [3.05, 3.63) is 48.5 Å². The van der Waals surface area contributed by atoms with Crippen molar-refractivity contribution >= 4 is 28.4 Å². The maximum absolute atomic E-state index is 4.48. The van der Waals surface area contributed by atoms with Crippen LogP contribution in [0, 0.1) is 0 Å². The molecule has 3 aromatic rings. The Balaban J connectivity index is 1.51. The summed E-state index contributed by atoms with van der Waals surface area (Å²) in [7, 11) is 0. The predicted molar refractivity (Wildman–Crippen MR) is 92.1 cm³/mol. The summed E-state index contributed by atoms with van der Waals surface area (Å²) in [5.41, 5.74) is 3.84. The van der Waals surface area contributed by atoms with Crippen LogP contribution >= 0.6 is 0 Å². The molecule has 0 atom stereocenters. The highest BCUT2D eigenvalue weighted by atomic mass is 15.2. The predicted octanol–water partition coefficient (Wildman–Crippen LogP) is 2.18. The molecule has 1 aliphatic rings. The fourth-order valence-corrected chi connectivity index (χ4v) is 2.74. The fraction of sp³-hybridized carbons (Fsp3) is 0.235. The van der Waals surface area contributed by atoms with E-state index < -0.39 is 0 Å². The van der Waals surface area contributed by atoms with E-state index in [1.807, 2.05) is 24.3 Å². The molecule has 1 aromatic heterocycles. The average Bonchev–Trinajstić information content (AvgIpc) is 2.63. The normalized spacial score (nSPS) is 14.9. The van der Waals surface area contributed by atoms with E-state index in [1.165, 1.54) is 5.69 Å². The Kier molecular flexibility index (Phi) is 3.73. The van der Waals surface area contributed by atoms with Crippen LogP contribution in [0.2, 0.25) is 0 Å². The molecule has 1 saturated heterocycles. The number of piperazine rings is 1. The van der Waals surface area contributed by atoms with Crippen molar-refractivity contribution in [3.63, 3.8) is 0 Å².